The zero-order valence-electron chi connectivity index (χ0n) is 28.5. The Kier molecular flexibility index (Phi) is 9.61. The van der Waals surface area contributed by atoms with E-state index in [0.29, 0.717) is 61.1 Å². The number of anilines is 4. The molecule has 1 spiro atoms. The fraction of sp³-hybridized carbons (Fsp3) is 0.400. The van der Waals surface area contributed by atoms with E-state index in [0.717, 1.165) is 18.4 Å². The molecule has 3 fully saturated rings. The van der Waals surface area contributed by atoms with Crippen LogP contribution in [0.1, 0.15) is 53.8 Å². The maximum atomic E-state index is 13.5. The van der Waals surface area contributed by atoms with Crippen molar-refractivity contribution in [2.75, 3.05) is 48.7 Å². The molecule has 2 aliphatic heterocycles. The van der Waals surface area contributed by atoms with Crippen LogP contribution in [0.2, 0.25) is 5.02 Å². The van der Waals surface area contributed by atoms with E-state index in [-0.39, 0.29) is 35.0 Å². The molecule has 14 nitrogen and oxygen atoms in total. The molecule has 1 aliphatic carbocycles. The summed E-state index contributed by atoms with van der Waals surface area (Å²) in [6.45, 7) is 2.70. The third-order valence-electron chi connectivity index (χ3n) is 9.63. The lowest BCUT2D eigenvalue weighted by atomic mass is 9.86. The Bertz CT molecular complexity index is 2010. The van der Waals surface area contributed by atoms with E-state index < -0.39 is 36.6 Å². The number of nitrogens with zero attached hydrogens (tertiary/aromatic N) is 6. The van der Waals surface area contributed by atoms with Gasteiger partial charge in [-0.05, 0) is 74.6 Å². The van der Waals surface area contributed by atoms with Gasteiger partial charge in [0.1, 0.15) is 12.4 Å². The van der Waals surface area contributed by atoms with Gasteiger partial charge in [-0.2, -0.15) is 28.1 Å². The largest absolute Gasteiger partial charge is 0.463 e. The summed E-state index contributed by atoms with van der Waals surface area (Å²) in [5, 5.41) is 13.1. The Morgan fingerprint density at radius 2 is 1.60 bits per heavy atom. The standard InChI is InChI=1S/C35H35ClF3N9O5/c1-21-18-26(46-53-21)41-27(49)29(51)48-16-13-33(20-48)12-15-47(19-33)28(50)22-2-8-25(9-3-22)40-30-42-31(44-32(43-30)52-17-14-35(37,38)39)45-34(10-11-34)23-4-6-24(36)7-5-23/h2-9,18H,10-17,19-20H2,1H3,(H,41,46,49)(H2,40,42,43,44,45). The number of aromatic nitrogens is 4. The Balaban J connectivity index is 0.986. The van der Waals surface area contributed by atoms with Crippen molar-refractivity contribution in [2.24, 2.45) is 5.41 Å². The van der Waals surface area contributed by atoms with Gasteiger partial charge in [-0.15, -0.1) is 0 Å². The van der Waals surface area contributed by atoms with E-state index in [4.69, 9.17) is 20.9 Å². The number of nitrogens with one attached hydrogen (secondary N) is 3. The predicted molar refractivity (Wildman–Crippen MR) is 186 cm³/mol. The number of amides is 3. The molecule has 7 rings (SSSR count). The van der Waals surface area contributed by atoms with Crippen molar-refractivity contribution in [1.82, 2.24) is 29.9 Å². The predicted octanol–water partition coefficient (Wildman–Crippen LogP) is 5.70. The zero-order chi connectivity index (χ0) is 37.4. The van der Waals surface area contributed by atoms with Gasteiger partial charge in [-0.3, -0.25) is 19.7 Å². The summed E-state index contributed by atoms with van der Waals surface area (Å²) < 4.78 is 48.7. The molecule has 1 unspecified atom stereocenters. The van der Waals surface area contributed by atoms with Crippen molar-refractivity contribution in [1.29, 1.82) is 0 Å². The Morgan fingerprint density at radius 3 is 2.26 bits per heavy atom. The quantitative estimate of drug-likeness (QED) is 0.170. The van der Waals surface area contributed by atoms with Crippen molar-refractivity contribution < 1.29 is 36.8 Å². The monoisotopic (exact) mass is 753 g/mol. The molecular weight excluding hydrogens is 719 g/mol. The molecule has 4 heterocycles. The molecule has 0 radical (unpaired) electrons. The molecule has 3 N–H and O–H groups in total. The average molecular weight is 754 g/mol. The van der Waals surface area contributed by atoms with Gasteiger partial charge in [0.25, 0.3) is 5.91 Å². The number of carbonyl (C=O) groups excluding carboxylic acids is 3. The summed E-state index contributed by atoms with van der Waals surface area (Å²) in [6, 6.07) is 15.2. The number of likely N-dealkylation sites (tertiary alicyclic amines) is 2. The van der Waals surface area contributed by atoms with Gasteiger partial charge >= 0.3 is 24.0 Å². The average Bonchev–Trinajstić information content (AvgIpc) is 3.39. The first-order valence-electron chi connectivity index (χ1n) is 17.0. The molecule has 278 valence electrons. The number of ether oxygens (including phenoxy) is 1. The highest BCUT2D eigenvalue weighted by Crippen LogP contribution is 2.48. The normalized spacial score (nSPS) is 19.0. The van der Waals surface area contributed by atoms with Gasteiger partial charge in [-0.25, -0.2) is 0 Å². The van der Waals surface area contributed by atoms with Crippen molar-refractivity contribution in [2.45, 2.75) is 50.7 Å². The lowest BCUT2D eigenvalue weighted by Gasteiger charge is -2.24. The van der Waals surface area contributed by atoms with E-state index in [9.17, 15) is 27.6 Å². The van der Waals surface area contributed by atoms with Crippen LogP contribution in [-0.4, -0.2) is 86.6 Å². The molecule has 1 atom stereocenters. The molecule has 53 heavy (non-hydrogen) atoms. The second-order valence-corrected chi connectivity index (χ2v) is 14.1. The highest BCUT2D eigenvalue weighted by atomic mass is 35.5. The number of hydrogen-bond donors (Lipinski definition) is 3. The second kappa shape index (κ2) is 14.2. The van der Waals surface area contributed by atoms with Gasteiger partial charge in [-0.1, -0.05) is 28.9 Å². The third kappa shape index (κ3) is 8.45. The lowest BCUT2D eigenvalue weighted by molar-refractivity contribution is -0.142. The smallest absolute Gasteiger partial charge is 0.392 e. The van der Waals surface area contributed by atoms with Gasteiger partial charge in [0.2, 0.25) is 11.9 Å². The van der Waals surface area contributed by atoms with Gasteiger partial charge in [0, 0.05) is 53.9 Å². The summed E-state index contributed by atoms with van der Waals surface area (Å²) in [5.41, 5.74) is 1.13. The van der Waals surface area contributed by atoms with Gasteiger partial charge in [0.05, 0.1) is 12.0 Å². The first kappa shape index (κ1) is 35.9. The summed E-state index contributed by atoms with van der Waals surface area (Å²) >= 11 is 6.06. The van der Waals surface area contributed by atoms with E-state index in [1.165, 1.54) is 11.0 Å². The number of benzene rings is 2. The number of aryl methyl sites for hydroxylation is 1. The second-order valence-electron chi connectivity index (χ2n) is 13.6. The topological polar surface area (TPSA) is 168 Å². The SMILES string of the molecule is Cc1cc(NC(=O)C(=O)N2CCC3(CCN(C(=O)c4ccc(Nc5nc(NC6(c7ccc(Cl)cc7)CC6)nc(OCCC(F)(F)F)n5)cc4)C3)C2)no1. The van der Waals surface area contributed by atoms with Crippen LogP contribution in [0.5, 0.6) is 6.01 Å². The van der Waals surface area contributed by atoms with Crippen molar-refractivity contribution in [3.8, 4) is 6.01 Å². The fourth-order valence-electron chi connectivity index (χ4n) is 6.68. The van der Waals surface area contributed by atoms with Crippen LogP contribution in [-0.2, 0) is 15.1 Å². The molecule has 3 aliphatic rings. The van der Waals surface area contributed by atoms with E-state index in [2.05, 4.69) is 36.1 Å². The van der Waals surface area contributed by atoms with Gasteiger partial charge in [0.15, 0.2) is 5.82 Å². The fourth-order valence-corrected chi connectivity index (χ4v) is 6.81. The Labute approximate surface area is 306 Å². The van der Waals surface area contributed by atoms with Crippen LogP contribution in [0.25, 0.3) is 0 Å². The maximum Gasteiger partial charge on any atom is 0.392 e. The molecule has 2 aromatic carbocycles. The minimum atomic E-state index is -4.41. The zero-order valence-corrected chi connectivity index (χ0v) is 29.3. The number of hydrogen-bond acceptors (Lipinski definition) is 11. The summed E-state index contributed by atoms with van der Waals surface area (Å²) in [7, 11) is 0. The molecule has 2 saturated heterocycles. The molecule has 1 saturated carbocycles. The number of rotatable bonds is 10. The van der Waals surface area contributed by atoms with Crippen molar-refractivity contribution in [3.05, 3.63) is 76.5 Å². The van der Waals surface area contributed by atoms with E-state index >= 15 is 0 Å². The molecule has 4 aromatic rings. The van der Waals surface area contributed by atoms with Crippen LogP contribution in [0.4, 0.5) is 36.6 Å². The van der Waals surface area contributed by atoms with Crippen LogP contribution in [0.15, 0.2) is 59.1 Å². The van der Waals surface area contributed by atoms with Gasteiger partial charge < -0.3 is 29.7 Å². The third-order valence-corrected chi connectivity index (χ3v) is 9.88. The maximum absolute atomic E-state index is 13.5. The van der Waals surface area contributed by atoms with E-state index in [1.54, 1.807) is 48.2 Å². The number of carbonyl (C=O) groups is 3. The Hall–Kier alpha value is -5.45. The lowest BCUT2D eigenvalue weighted by Crippen LogP contribution is -2.40. The van der Waals surface area contributed by atoms with Crippen molar-refractivity contribution in [3.63, 3.8) is 0 Å². The number of alkyl halides is 3. The summed E-state index contributed by atoms with van der Waals surface area (Å²) in [5.74, 6) is -0.826. The first-order valence-corrected chi connectivity index (χ1v) is 17.3. The van der Waals surface area contributed by atoms with Crippen molar-refractivity contribution >= 4 is 52.7 Å². The molecule has 3 amide bonds. The van der Waals surface area contributed by atoms with E-state index in [1.807, 2.05) is 12.1 Å². The molecule has 18 heteroatoms. The Morgan fingerprint density at radius 1 is 0.925 bits per heavy atom. The first-order chi connectivity index (χ1) is 25.3. The number of halogens is 4. The van der Waals surface area contributed by atoms with Crippen LogP contribution in [0, 0.1) is 12.3 Å². The van der Waals surface area contributed by atoms with Crippen LogP contribution in [0.3, 0.4) is 0 Å². The summed E-state index contributed by atoms with van der Waals surface area (Å²) in [6.07, 6.45) is -2.69. The van der Waals surface area contributed by atoms with Crippen LogP contribution >= 0.6 is 11.6 Å². The molecule has 0 bridgehead atoms. The van der Waals surface area contributed by atoms with Crippen LogP contribution < -0.4 is 20.7 Å². The summed E-state index contributed by atoms with van der Waals surface area (Å²) in [4.78, 5) is 55.0. The minimum Gasteiger partial charge on any atom is -0.463 e. The molecular formula is C35H35ClF3N9O5. The highest BCUT2D eigenvalue weighted by Gasteiger charge is 2.47. The molecule has 2 aromatic heterocycles. The minimum absolute atomic E-state index is 0.0298. The highest BCUT2D eigenvalue weighted by molar-refractivity contribution is 6.39.